The fourth-order valence-corrected chi connectivity index (χ4v) is 0.831. The minimum Gasteiger partial charge on any atom is -0.636 e. The Kier molecular flexibility index (Phi) is 7.85. The summed E-state index contributed by atoms with van der Waals surface area (Å²) >= 11 is 0. The highest BCUT2D eigenvalue weighted by Gasteiger charge is 1.86. The zero-order chi connectivity index (χ0) is 6.95. The van der Waals surface area contributed by atoms with E-state index < -0.39 is 0 Å². The number of hydrogen-bond donors (Lipinski definition) is 1. The molecule has 0 heterocycles. The first kappa shape index (κ1) is 8.92. The molecule has 0 spiro atoms. The number of hydroxylamine groups is 1. The minimum absolute atomic E-state index is 0.754. The van der Waals surface area contributed by atoms with E-state index in [4.69, 9.17) is 0 Å². The summed E-state index contributed by atoms with van der Waals surface area (Å²) < 4.78 is 0. The van der Waals surface area contributed by atoms with Gasteiger partial charge >= 0.3 is 0 Å². The zero-order valence-corrected chi connectivity index (χ0v) is 6.23. The first-order valence-corrected chi connectivity index (χ1v) is 3.85. The molecule has 0 amide bonds. The van der Waals surface area contributed by atoms with Crippen molar-refractivity contribution < 1.29 is 5.48 Å². The van der Waals surface area contributed by atoms with Crippen molar-refractivity contribution in [3.05, 3.63) is 5.21 Å². The molecule has 0 saturated carbocycles. The van der Waals surface area contributed by atoms with Gasteiger partial charge in [-0.25, -0.2) is 0 Å². The molecule has 0 aromatic rings. The fraction of sp³-hybridized carbons (Fsp3) is 1.00. The van der Waals surface area contributed by atoms with Crippen molar-refractivity contribution >= 4 is 0 Å². The third kappa shape index (κ3) is 7.92. The lowest BCUT2D eigenvalue weighted by Gasteiger charge is -2.00. The number of unbranched alkanes of at least 4 members (excludes halogenated alkanes) is 4. The molecular weight excluding hydrogens is 114 g/mol. The van der Waals surface area contributed by atoms with E-state index in [0.29, 0.717) is 0 Å². The van der Waals surface area contributed by atoms with Crippen LogP contribution < -0.4 is 5.48 Å². The lowest BCUT2D eigenvalue weighted by atomic mass is 10.2. The Morgan fingerprint density at radius 3 is 2.33 bits per heavy atom. The molecule has 0 aliphatic carbocycles. The Labute approximate surface area is 57.2 Å². The molecule has 0 rings (SSSR count). The summed E-state index contributed by atoms with van der Waals surface area (Å²) in [4.78, 5) is 0. The summed E-state index contributed by atoms with van der Waals surface area (Å²) in [7, 11) is 0. The zero-order valence-electron chi connectivity index (χ0n) is 6.23. The van der Waals surface area contributed by atoms with Crippen molar-refractivity contribution in [2.45, 2.75) is 39.0 Å². The summed E-state index contributed by atoms with van der Waals surface area (Å²) in [5.41, 5.74) is 1.01. The molecule has 0 atom stereocenters. The quantitative estimate of drug-likeness (QED) is 0.424. The van der Waals surface area contributed by atoms with Gasteiger partial charge in [-0.2, -0.15) is 0 Å². The van der Waals surface area contributed by atoms with Crippen LogP contribution >= 0.6 is 0 Å². The average molecular weight is 131 g/mol. The highest BCUT2D eigenvalue weighted by atomic mass is 16.5. The molecule has 0 radical (unpaired) electrons. The highest BCUT2D eigenvalue weighted by molar-refractivity contribution is 4.39. The van der Waals surface area contributed by atoms with E-state index in [0.717, 1.165) is 18.4 Å². The Balaban J connectivity index is 2.60. The molecule has 0 saturated heterocycles. The molecule has 0 unspecified atom stereocenters. The minimum atomic E-state index is 0.754. The van der Waals surface area contributed by atoms with E-state index in [-0.39, 0.29) is 0 Å². The van der Waals surface area contributed by atoms with E-state index in [9.17, 15) is 5.21 Å². The number of hydrogen-bond acceptors (Lipinski definition) is 1. The van der Waals surface area contributed by atoms with Crippen LogP contribution in [0.15, 0.2) is 0 Å². The normalized spacial score (nSPS) is 10.0. The van der Waals surface area contributed by atoms with E-state index in [1.807, 2.05) is 0 Å². The monoisotopic (exact) mass is 131 g/mol. The first-order chi connectivity index (χ1) is 4.41. The van der Waals surface area contributed by atoms with Crippen molar-refractivity contribution in [1.29, 1.82) is 0 Å². The van der Waals surface area contributed by atoms with Crippen LogP contribution in [0.2, 0.25) is 0 Å². The molecule has 2 N–H and O–H groups in total. The van der Waals surface area contributed by atoms with Crippen LogP contribution in [0.3, 0.4) is 0 Å². The molecule has 2 heteroatoms. The van der Waals surface area contributed by atoms with E-state index in [1.54, 1.807) is 0 Å². The highest BCUT2D eigenvalue weighted by Crippen LogP contribution is 1.99. The molecule has 0 aliphatic heterocycles. The van der Waals surface area contributed by atoms with Gasteiger partial charge in [-0.15, -0.1) is 0 Å². The van der Waals surface area contributed by atoms with E-state index in [2.05, 4.69) is 6.92 Å². The topological polar surface area (TPSA) is 39.7 Å². The second kappa shape index (κ2) is 7.92. The molecule has 56 valence electrons. The Morgan fingerprint density at radius 2 is 1.78 bits per heavy atom. The van der Waals surface area contributed by atoms with Gasteiger partial charge in [0.25, 0.3) is 0 Å². The van der Waals surface area contributed by atoms with Gasteiger partial charge < -0.3 is 10.7 Å². The largest absolute Gasteiger partial charge is 0.636 e. The molecular formula is C7H17NO. The van der Waals surface area contributed by atoms with Crippen LogP contribution in [0, 0.1) is 5.21 Å². The van der Waals surface area contributed by atoms with Crippen molar-refractivity contribution in [2.24, 2.45) is 0 Å². The second-order valence-electron chi connectivity index (χ2n) is 2.37. The van der Waals surface area contributed by atoms with Gasteiger partial charge in [0.05, 0.1) is 6.54 Å². The van der Waals surface area contributed by atoms with Crippen LogP contribution in [0.1, 0.15) is 39.0 Å². The second-order valence-corrected chi connectivity index (χ2v) is 2.37. The van der Waals surface area contributed by atoms with Crippen molar-refractivity contribution in [3.8, 4) is 0 Å². The first-order valence-electron chi connectivity index (χ1n) is 3.85. The number of quaternary nitrogens is 1. The maximum atomic E-state index is 9.84. The van der Waals surface area contributed by atoms with Gasteiger partial charge in [0, 0.05) is 0 Å². The lowest BCUT2D eigenvalue weighted by molar-refractivity contribution is -0.589. The van der Waals surface area contributed by atoms with Crippen molar-refractivity contribution in [3.63, 3.8) is 0 Å². The van der Waals surface area contributed by atoms with Crippen LogP contribution in [0.25, 0.3) is 0 Å². The molecule has 0 fully saturated rings. The van der Waals surface area contributed by atoms with Gasteiger partial charge in [0.15, 0.2) is 0 Å². The average Bonchev–Trinajstić information content (AvgIpc) is 1.89. The van der Waals surface area contributed by atoms with Crippen LogP contribution in [-0.4, -0.2) is 6.54 Å². The summed E-state index contributed by atoms with van der Waals surface area (Å²) in [6.07, 6.45) is 6.21. The summed E-state index contributed by atoms with van der Waals surface area (Å²) in [6.45, 7) is 2.95. The van der Waals surface area contributed by atoms with Gasteiger partial charge in [-0.05, 0) is 12.8 Å². The van der Waals surface area contributed by atoms with Crippen molar-refractivity contribution in [1.82, 2.24) is 0 Å². The third-order valence-electron chi connectivity index (χ3n) is 1.43. The lowest BCUT2D eigenvalue weighted by Crippen LogP contribution is -2.77. The number of nitrogens with two attached hydrogens (primary N) is 1. The predicted octanol–water partition coefficient (Wildman–Crippen LogP) is 1.02. The Morgan fingerprint density at radius 1 is 1.11 bits per heavy atom. The molecule has 0 bridgehead atoms. The molecule has 0 aliphatic rings. The van der Waals surface area contributed by atoms with E-state index >= 15 is 0 Å². The number of rotatable bonds is 6. The third-order valence-corrected chi connectivity index (χ3v) is 1.43. The fourth-order valence-electron chi connectivity index (χ4n) is 0.831. The van der Waals surface area contributed by atoms with Gasteiger partial charge in [0.2, 0.25) is 0 Å². The Hall–Kier alpha value is -0.0800. The molecule has 2 nitrogen and oxygen atoms in total. The summed E-state index contributed by atoms with van der Waals surface area (Å²) in [6, 6.07) is 0. The van der Waals surface area contributed by atoms with Gasteiger partial charge in [-0.1, -0.05) is 26.2 Å². The molecule has 0 aromatic carbocycles. The van der Waals surface area contributed by atoms with Gasteiger partial charge in [0.1, 0.15) is 0 Å². The SMILES string of the molecule is CCCCCCC[NH2+][O-]. The van der Waals surface area contributed by atoms with Crippen LogP contribution in [0.4, 0.5) is 0 Å². The standard InChI is InChI=1S/C7H17NO/c1-2-3-4-5-6-7-8-9/h2-8H2,1H3. The smallest absolute Gasteiger partial charge is 0.0752 e. The Bertz CT molecular complexity index is 42.2. The van der Waals surface area contributed by atoms with Crippen molar-refractivity contribution in [2.75, 3.05) is 6.54 Å². The molecule has 0 aromatic heterocycles. The van der Waals surface area contributed by atoms with Gasteiger partial charge in [-0.3, -0.25) is 0 Å². The molecule has 9 heavy (non-hydrogen) atoms. The van der Waals surface area contributed by atoms with Crippen LogP contribution in [-0.2, 0) is 0 Å². The summed E-state index contributed by atoms with van der Waals surface area (Å²) in [5, 5.41) is 9.84. The summed E-state index contributed by atoms with van der Waals surface area (Å²) in [5.74, 6) is 0. The maximum absolute atomic E-state index is 9.84. The predicted molar refractivity (Wildman–Crippen MR) is 38.9 cm³/mol. The maximum Gasteiger partial charge on any atom is 0.0752 e. The van der Waals surface area contributed by atoms with E-state index in [1.165, 1.54) is 25.7 Å². The van der Waals surface area contributed by atoms with Crippen LogP contribution in [0.5, 0.6) is 0 Å².